The lowest BCUT2D eigenvalue weighted by Gasteiger charge is -2.23. The summed E-state index contributed by atoms with van der Waals surface area (Å²) >= 11 is 0. The van der Waals surface area contributed by atoms with Crippen molar-refractivity contribution in [3.63, 3.8) is 0 Å². The number of aromatic nitrogens is 6. The van der Waals surface area contributed by atoms with Crippen LogP contribution in [0.3, 0.4) is 0 Å². The molecule has 0 spiro atoms. The lowest BCUT2D eigenvalue weighted by Crippen LogP contribution is -2.34. The van der Waals surface area contributed by atoms with E-state index in [9.17, 15) is 0 Å². The molecule has 9 nitrogen and oxygen atoms in total. The summed E-state index contributed by atoms with van der Waals surface area (Å²) in [6, 6.07) is 14.0. The van der Waals surface area contributed by atoms with E-state index in [-0.39, 0.29) is 6.04 Å². The molecule has 0 aliphatic carbocycles. The summed E-state index contributed by atoms with van der Waals surface area (Å²) in [5.74, 6) is 1.80. The average molecular weight is 429 g/mol. The Labute approximate surface area is 185 Å². The highest BCUT2D eigenvalue weighted by Gasteiger charge is 2.27. The van der Waals surface area contributed by atoms with E-state index in [1.807, 2.05) is 55.6 Å². The van der Waals surface area contributed by atoms with Gasteiger partial charge in [-0.25, -0.2) is 4.68 Å². The number of nitrogens with zero attached hydrogens (tertiary/aromatic N) is 7. The van der Waals surface area contributed by atoms with Gasteiger partial charge in [0.05, 0.1) is 24.3 Å². The van der Waals surface area contributed by atoms with Gasteiger partial charge in [-0.2, -0.15) is 4.98 Å². The van der Waals surface area contributed by atoms with Crippen molar-refractivity contribution in [2.24, 2.45) is 0 Å². The zero-order valence-electron chi connectivity index (χ0n) is 17.8. The van der Waals surface area contributed by atoms with Crippen molar-refractivity contribution in [3.05, 3.63) is 66.3 Å². The summed E-state index contributed by atoms with van der Waals surface area (Å²) in [7, 11) is 0. The first kappa shape index (κ1) is 20.0. The Morgan fingerprint density at radius 3 is 2.81 bits per heavy atom. The van der Waals surface area contributed by atoms with Gasteiger partial charge in [0.1, 0.15) is 5.69 Å². The number of hydrogen-bond donors (Lipinski definition) is 1. The van der Waals surface area contributed by atoms with Crippen LogP contribution in [-0.4, -0.2) is 53.4 Å². The molecule has 1 aromatic carbocycles. The molecule has 0 saturated carbocycles. The number of pyridine rings is 1. The standard InChI is InChI=1S/C23H24N8O/c1-16(24)31-12-4-5-19(31)13-22-26-23(28-32-22)18-9-7-17(8-10-18)14-30-15-21(27-29-30)20-6-2-3-11-25-20/h2-3,6-11,15,19,24H,4-5,12-14H2,1H3. The van der Waals surface area contributed by atoms with E-state index in [0.29, 0.717) is 30.5 Å². The maximum absolute atomic E-state index is 7.92. The minimum atomic E-state index is 0.266. The molecule has 4 heterocycles. The minimum Gasteiger partial charge on any atom is -0.357 e. The molecule has 1 saturated heterocycles. The van der Waals surface area contributed by atoms with Gasteiger partial charge in [-0.15, -0.1) is 5.10 Å². The number of likely N-dealkylation sites (tertiary alicyclic amines) is 1. The fourth-order valence-corrected chi connectivity index (χ4v) is 4.10. The molecule has 0 amide bonds. The number of rotatable bonds is 6. The van der Waals surface area contributed by atoms with Gasteiger partial charge in [0.15, 0.2) is 0 Å². The molecule has 3 aromatic heterocycles. The molecule has 162 valence electrons. The molecule has 0 radical (unpaired) electrons. The number of benzene rings is 1. The zero-order valence-corrected chi connectivity index (χ0v) is 17.8. The van der Waals surface area contributed by atoms with Gasteiger partial charge in [0.2, 0.25) is 11.7 Å². The summed E-state index contributed by atoms with van der Waals surface area (Å²) in [5.41, 5.74) is 3.56. The van der Waals surface area contributed by atoms with E-state index in [1.54, 1.807) is 10.9 Å². The molecule has 1 aliphatic heterocycles. The Kier molecular flexibility index (Phi) is 5.45. The summed E-state index contributed by atoms with van der Waals surface area (Å²) in [6.45, 7) is 3.37. The van der Waals surface area contributed by atoms with Crippen LogP contribution in [0.2, 0.25) is 0 Å². The van der Waals surface area contributed by atoms with E-state index in [2.05, 4.69) is 30.3 Å². The Bertz CT molecular complexity index is 1200. The maximum Gasteiger partial charge on any atom is 0.229 e. The van der Waals surface area contributed by atoms with Crippen LogP contribution in [-0.2, 0) is 13.0 Å². The molecule has 1 fully saturated rings. The van der Waals surface area contributed by atoms with E-state index < -0.39 is 0 Å². The zero-order chi connectivity index (χ0) is 21.9. The molecule has 4 aromatic rings. The molecule has 32 heavy (non-hydrogen) atoms. The Morgan fingerprint density at radius 1 is 1.16 bits per heavy atom. The third-order valence-corrected chi connectivity index (χ3v) is 5.71. The molecular formula is C23H24N8O. The van der Waals surface area contributed by atoms with E-state index in [4.69, 9.17) is 9.93 Å². The predicted octanol–water partition coefficient (Wildman–Crippen LogP) is 3.44. The topological polar surface area (TPSA) is 110 Å². The lowest BCUT2D eigenvalue weighted by molar-refractivity contribution is 0.321. The highest BCUT2D eigenvalue weighted by atomic mass is 16.5. The van der Waals surface area contributed by atoms with Crippen molar-refractivity contribution in [1.82, 2.24) is 35.0 Å². The monoisotopic (exact) mass is 428 g/mol. The number of amidine groups is 1. The van der Waals surface area contributed by atoms with Gasteiger partial charge >= 0.3 is 0 Å². The summed E-state index contributed by atoms with van der Waals surface area (Å²) in [5, 5.41) is 20.5. The minimum absolute atomic E-state index is 0.266. The van der Waals surface area contributed by atoms with E-state index >= 15 is 0 Å². The third-order valence-electron chi connectivity index (χ3n) is 5.71. The van der Waals surface area contributed by atoms with Crippen molar-refractivity contribution in [2.45, 2.75) is 38.8 Å². The van der Waals surface area contributed by atoms with Gasteiger partial charge in [-0.3, -0.25) is 10.4 Å². The second-order valence-electron chi connectivity index (χ2n) is 8.00. The Balaban J connectivity index is 1.24. The van der Waals surface area contributed by atoms with Crippen LogP contribution < -0.4 is 0 Å². The molecule has 5 rings (SSSR count). The second-order valence-corrected chi connectivity index (χ2v) is 8.00. The molecule has 1 N–H and O–H groups in total. The van der Waals surface area contributed by atoms with Crippen molar-refractivity contribution in [1.29, 1.82) is 5.41 Å². The molecule has 1 aliphatic rings. The van der Waals surface area contributed by atoms with Crippen LogP contribution in [0.4, 0.5) is 0 Å². The first-order valence-corrected chi connectivity index (χ1v) is 10.7. The Morgan fingerprint density at radius 2 is 2.03 bits per heavy atom. The first-order valence-electron chi connectivity index (χ1n) is 10.7. The number of nitrogens with one attached hydrogen (secondary N) is 1. The van der Waals surface area contributed by atoms with Crippen LogP contribution >= 0.6 is 0 Å². The normalized spacial score (nSPS) is 15.9. The molecule has 1 unspecified atom stereocenters. The van der Waals surface area contributed by atoms with Crippen molar-refractivity contribution in [3.8, 4) is 22.8 Å². The molecule has 1 atom stereocenters. The number of hydrogen-bond acceptors (Lipinski definition) is 7. The van der Waals surface area contributed by atoms with Crippen LogP contribution in [0.15, 0.2) is 59.4 Å². The maximum atomic E-state index is 7.92. The van der Waals surface area contributed by atoms with E-state index in [1.165, 1.54) is 0 Å². The van der Waals surface area contributed by atoms with Gasteiger partial charge in [-0.1, -0.05) is 40.7 Å². The quantitative estimate of drug-likeness (QED) is 0.370. The summed E-state index contributed by atoms with van der Waals surface area (Å²) in [4.78, 5) is 11.0. The van der Waals surface area contributed by atoms with Crippen LogP contribution in [0.1, 0.15) is 31.2 Å². The third kappa shape index (κ3) is 4.27. The van der Waals surface area contributed by atoms with E-state index in [0.717, 1.165) is 41.9 Å². The van der Waals surface area contributed by atoms with Crippen LogP contribution in [0.5, 0.6) is 0 Å². The summed E-state index contributed by atoms with van der Waals surface area (Å²) in [6.07, 6.45) is 6.46. The first-order chi connectivity index (χ1) is 15.7. The molecule has 9 heteroatoms. The predicted molar refractivity (Wildman–Crippen MR) is 119 cm³/mol. The van der Waals surface area contributed by atoms with Crippen molar-refractivity contribution < 1.29 is 4.52 Å². The van der Waals surface area contributed by atoms with Gasteiger partial charge in [0.25, 0.3) is 0 Å². The lowest BCUT2D eigenvalue weighted by atomic mass is 10.1. The van der Waals surface area contributed by atoms with Crippen molar-refractivity contribution >= 4 is 5.84 Å². The summed E-state index contributed by atoms with van der Waals surface area (Å²) < 4.78 is 7.29. The fraction of sp³-hybridized carbons (Fsp3) is 0.304. The van der Waals surface area contributed by atoms with Gasteiger partial charge in [-0.05, 0) is 37.5 Å². The molecular weight excluding hydrogens is 404 g/mol. The van der Waals surface area contributed by atoms with Gasteiger partial charge < -0.3 is 9.42 Å². The van der Waals surface area contributed by atoms with Crippen LogP contribution in [0, 0.1) is 5.41 Å². The van der Waals surface area contributed by atoms with Gasteiger partial charge in [0, 0.05) is 30.8 Å². The Hall–Kier alpha value is -3.88. The largest absolute Gasteiger partial charge is 0.357 e. The smallest absolute Gasteiger partial charge is 0.229 e. The second kappa shape index (κ2) is 8.70. The van der Waals surface area contributed by atoms with Crippen LogP contribution in [0.25, 0.3) is 22.8 Å². The SMILES string of the molecule is CC(=N)N1CCCC1Cc1nc(-c2ccc(Cn3cc(-c4ccccn4)nn3)cc2)no1. The average Bonchev–Trinajstić information content (AvgIpc) is 3.57. The highest BCUT2D eigenvalue weighted by Crippen LogP contribution is 2.23. The van der Waals surface area contributed by atoms with Crippen molar-refractivity contribution in [2.75, 3.05) is 6.54 Å². The molecule has 0 bridgehead atoms. The fourth-order valence-electron chi connectivity index (χ4n) is 4.10. The highest BCUT2D eigenvalue weighted by molar-refractivity contribution is 5.76.